The number of benzene rings is 1. The number of hydrogen-bond acceptors (Lipinski definition) is 3. The molecule has 0 aliphatic heterocycles. The Morgan fingerprint density at radius 3 is 2.65 bits per heavy atom. The van der Waals surface area contributed by atoms with Crippen LogP contribution in [-0.2, 0) is 0 Å². The fourth-order valence-corrected chi connectivity index (χ4v) is 2.80. The quantitative estimate of drug-likeness (QED) is 0.322. The summed E-state index contributed by atoms with van der Waals surface area (Å²) >= 11 is 4.99. The van der Waals surface area contributed by atoms with Crippen LogP contribution in [0.25, 0.3) is 5.52 Å². The minimum Gasteiger partial charge on any atom is -0.364 e. The first-order valence-electron chi connectivity index (χ1n) is 7.93. The zero-order valence-electron chi connectivity index (χ0n) is 14.3. The molecule has 0 fully saturated rings. The summed E-state index contributed by atoms with van der Waals surface area (Å²) in [6.07, 6.45) is 3.46. The van der Waals surface area contributed by atoms with Crippen LogP contribution in [0.3, 0.4) is 0 Å². The second-order valence-corrected chi connectivity index (χ2v) is 6.04. The maximum absolute atomic E-state index is 13.2. The summed E-state index contributed by atoms with van der Waals surface area (Å²) in [6.45, 7) is 1.86. The summed E-state index contributed by atoms with van der Waals surface area (Å²) in [5.41, 5.74) is 6.08. The average molecular weight is 368 g/mol. The Morgan fingerprint density at radius 1 is 1.23 bits per heavy atom. The van der Waals surface area contributed by atoms with E-state index in [2.05, 4.69) is 15.8 Å². The van der Waals surface area contributed by atoms with Gasteiger partial charge in [0.05, 0.1) is 17.4 Å². The number of fused-ring (bicyclic) bond motifs is 1. The van der Waals surface area contributed by atoms with Crippen molar-refractivity contribution >= 4 is 34.8 Å². The molecule has 26 heavy (non-hydrogen) atoms. The van der Waals surface area contributed by atoms with Crippen LogP contribution in [0.15, 0.2) is 53.8 Å². The van der Waals surface area contributed by atoms with Gasteiger partial charge in [0.2, 0.25) is 5.78 Å². The fraction of sp³-hybridized carbons (Fsp3) is 0.105. The summed E-state index contributed by atoms with van der Waals surface area (Å²) in [4.78, 5) is 13.0. The summed E-state index contributed by atoms with van der Waals surface area (Å²) < 4.78 is 15.0. The molecule has 2 N–H and O–H groups in total. The largest absolute Gasteiger partial charge is 0.364 e. The second kappa shape index (κ2) is 7.45. The van der Waals surface area contributed by atoms with Crippen molar-refractivity contribution in [1.29, 1.82) is 0 Å². The standard InChI is InChI=1S/C19H17FN4OS/c1-12-15(11-22-23-19(26)21-2)16-5-3-4-10-24(16)17(12)18(25)13-6-8-14(20)9-7-13/h3-11H,1-2H3,(H2,21,23,26)/b22-11+. The molecular formula is C19H17FN4OS. The number of pyridine rings is 1. The Morgan fingerprint density at radius 2 is 1.96 bits per heavy atom. The van der Waals surface area contributed by atoms with Gasteiger partial charge in [-0.1, -0.05) is 6.07 Å². The SMILES string of the molecule is CNC(=S)N/N=C/c1c(C)c(C(=O)c2ccc(F)cc2)n2ccccc12. The lowest BCUT2D eigenvalue weighted by molar-refractivity contribution is 0.103. The van der Waals surface area contributed by atoms with Crippen LogP contribution < -0.4 is 10.7 Å². The third-order valence-electron chi connectivity index (χ3n) is 4.04. The van der Waals surface area contributed by atoms with Gasteiger partial charge in [-0.25, -0.2) is 4.39 Å². The van der Waals surface area contributed by atoms with Crippen LogP contribution in [0.4, 0.5) is 4.39 Å². The lowest BCUT2D eigenvalue weighted by Gasteiger charge is -2.04. The van der Waals surface area contributed by atoms with Crippen molar-refractivity contribution in [1.82, 2.24) is 15.1 Å². The number of carbonyl (C=O) groups is 1. The molecule has 2 aromatic heterocycles. The Bertz CT molecular complexity index is 1010. The molecule has 0 bridgehead atoms. The number of hydrazone groups is 1. The van der Waals surface area contributed by atoms with Gasteiger partial charge in [-0.2, -0.15) is 5.10 Å². The van der Waals surface area contributed by atoms with E-state index in [0.717, 1.165) is 16.6 Å². The molecule has 7 heteroatoms. The summed E-state index contributed by atoms with van der Waals surface area (Å²) in [7, 11) is 1.70. The van der Waals surface area contributed by atoms with Crippen LogP contribution >= 0.6 is 12.2 Å². The minimum absolute atomic E-state index is 0.179. The maximum Gasteiger partial charge on any atom is 0.210 e. The lowest BCUT2D eigenvalue weighted by Crippen LogP contribution is -2.28. The normalized spacial score (nSPS) is 11.0. The molecule has 0 saturated carbocycles. The number of ketones is 1. The first-order valence-corrected chi connectivity index (χ1v) is 8.34. The molecular weight excluding hydrogens is 351 g/mol. The third kappa shape index (κ3) is 3.34. The number of thiocarbonyl (C=S) groups is 1. The van der Waals surface area contributed by atoms with E-state index in [9.17, 15) is 9.18 Å². The molecule has 0 spiro atoms. The molecule has 0 unspecified atom stereocenters. The predicted molar refractivity (Wildman–Crippen MR) is 104 cm³/mol. The molecule has 0 atom stereocenters. The van der Waals surface area contributed by atoms with E-state index in [4.69, 9.17) is 12.2 Å². The van der Waals surface area contributed by atoms with Crippen molar-refractivity contribution in [3.8, 4) is 0 Å². The second-order valence-electron chi connectivity index (χ2n) is 5.63. The van der Waals surface area contributed by atoms with Crippen molar-refractivity contribution in [2.45, 2.75) is 6.92 Å². The van der Waals surface area contributed by atoms with Gasteiger partial charge < -0.3 is 9.72 Å². The van der Waals surface area contributed by atoms with Gasteiger partial charge in [-0.3, -0.25) is 10.2 Å². The van der Waals surface area contributed by atoms with Crippen LogP contribution in [0, 0.1) is 12.7 Å². The van der Waals surface area contributed by atoms with Gasteiger partial charge in [-0.15, -0.1) is 0 Å². The third-order valence-corrected chi connectivity index (χ3v) is 4.34. The zero-order valence-corrected chi connectivity index (χ0v) is 15.1. The van der Waals surface area contributed by atoms with Crippen molar-refractivity contribution < 1.29 is 9.18 Å². The highest BCUT2D eigenvalue weighted by Gasteiger charge is 2.20. The summed E-state index contributed by atoms with van der Waals surface area (Å²) in [5.74, 6) is -0.556. The smallest absolute Gasteiger partial charge is 0.210 e. The first-order chi connectivity index (χ1) is 12.5. The lowest BCUT2D eigenvalue weighted by atomic mass is 10.0. The summed E-state index contributed by atoms with van der Waals surface area (Å²) in [5, 5.41) is 7.29. The van der Waals surface area contributed by atoms with Crippen LogP contribution in [-0.4, -0.2) is 28.6 Å². The highest BCUT2D eigenvalue weighted by atomic mass is 32.1. The van der Waals surface area contributed by atoms with Gasteiger partial charge in [0.15, 0.2) is 5.11 Å². The van der Waals surface area contributed by atoms with Crippen molar-refractivity contribution in [2.24, 2.45) is 5.10 Å². The topological polar surface area (TPSA) is 57.9 Å². The molecule has 3 aromatic rings. The predicted octanol–water partition coefficient (Wildman–Crippen LogP) is 3.05. The molecule has 132 valence electrons. The molecule has 1 aromatic carbocycles. The van der Waals surface area contributed by atoms with E-state index in [1.54, 1.807) is 13.3 Å². The van der Waals surface area contributed by atoms with E-state index in [1.807, 2.05) is 35.7 Å². The maximum atomic E-state index is 13.2. The molecule has 0 radical (unpaired) electrons. The number of carbonyl (C=O) groups excluding carboxylic acids is 1. The van der Waals surface area contributed by atoms with Gasteiger partial charge >= 0.3 is 0 Å². The molecule has 3 rings (SSSR count). The zero-order chi connectivity index (χ0) is 18.7. The Kier molecular flexibility index (Phi) is 5.09. The Labute approximate surface area is 155 Å². The van der Waals surface area contributed by atoms with Crippen molar-refractivity contribution in [3.05, 3.63) is 76.9 Å². The highest BCUT2D eigenvalue weighted by Crippen LogP contribution is 2.24. The van der Waals surface area contributed by atoms with Gasteiger partial charge in [0.1, 0.15) is 5.82 Å². The van der Waals surface area contributed by atoms with E-state index >= 15 is 0 Å². The van der Waals surface area contributed by atoms with E-state index in [0.29, 0.717) is 16.4 Å². The molecule has 0 aliphatic rings. The van der Waals surface area contributed by atoms with Gasteiger partial charge in [0, 0.05) is 24.4 Å². The first kappa shape index (κ1) is 17.8. The van der Waals surface area contributed by atoms with Crippen LogP contribution in [0.5, 0.6) is 0 Å². The van der Waals surface area contributed by atoms with Crippen LogP contribution in [0.1, 0.15) is 27.2 Å². The number of nitrogens with zero attached hydrogens (tertiary/aromatic N) is 2. The molecule has 2 heterocycles. The van der Waals surface area contributed by atoms with Crippen molar-refractivity contribution in [2.75, 3.05) is 7.05 Å². The van der Waals surface area contributed by atoms with E-state index in [-0.39, 0.29) is 11.6 Å². The monoisotopic (exact) mass is 368 g/mol. The number of nitrogens with one attached hydrogen (secondary N) is 2. The summed E-state index contributed by atoms with van der Waals surface area (Å²) in [6, 6.07) is 11.2. The average Bonchev–Trinajstić information content (AvgIpc) is 2.93. The van der Waals surface area contributed by atoms with Gasteiger partial charge in [0.25, 0.3) is 0 Å². The number of hydrogen-bond donors (Lipinski definition) is 2. The Balaban J connectivity index is 2.09. The number of rotatable bonds is 4. The highest BCUT2D eigenvalue weighted by molar-refractivity contribution is 7.80. The van der Waals surface area contributed by atoms with E-state index < -0.39 is 0 Å². The Hall–Kier alpha value is -3.06. The van der Waals surface area contributed by atoms with E-state index in [1.165, 1.54) is 24.3 Å². The van der Waals surface area contributed by atoms with Crippen LogP contribution in [0.2, 0.25) is 0 Å². The number of aromatic nitrogens is 1. The molecule has 0 amide bonds. The molecule has 0 saturated heterocycles. The number of halogens is 1. The minimum atomic E-state index is -0.377. The molecule has 5 nitrogen and oxygen atoms in total. The molecule has 0 aliphatic carbocycles. The fourth-order valence-electron chi connectivity index (χ4n) is 2.75. The van der Waals surface area contributed by atoms with Crippen molar-refractivity contribution in [3.63, 3.8) is 0 Å². The van der Waals surface area contributed by atoms with Gasteiger partial charge in [-0.05, 0) is 61.1 Å².